The number of unbranched alkanes of at least 4 members (excludes halogenated alkanes) is 1. The second kappa shape index (κ2) is 4.28. The molecule has 3 atom stereocenters. The number of hydrogen-bond acceptors (Lipinski definition) is 3. The van der Waals surface area contributed by atoms with Crippen LogP contribution in [-0.4, -0.2) is 49.3 Å². The van der Waals surface area contributed by atoms with Gasteiger partial charge in [-0.2, -0.15) is 0 Å². The summed E-state index contributed by atoms with van der Waals surface area (Å²) in [6.45, 7) is 8.43. The highest BCUT2D eigenvalue weighted by molar-refractivity contribution is 5.07. The Hall–Kier alpha value is -0.120. The molecule has 2 aliphatic heterocycles. The van der Waals surface area contributed by atoms with Gasteiger partial charge in [0.15, 0.2) is 0 Å². The van der Waals surface area contributed by atoms with E-state index in [1.807, 2.05) is 0 Å². The highest BCUT2D eigenvalue weighted by Gasteiger charge is 2.54. The van der Waals surface area contributed by atoms with E-state index in [0.717, 1.165) is 32.6 Å². The van der Waals surface area contributed by atoms with Crippen LogP contribution in [0.1, 0.15) is 33.1 Å². The minimum absolute atomic E-state index is 0.0407. The lowest BCUT2D eigenvalue weighted by Gasteiger charge is -2.58. The molecule has 0 radical (unpaired) electrons. The van der Waals surface area contributed by atoms with Crippen LogP contribution in [0.15, 0.2) is 0 Å². The Morgan fingerprint density at radius 1 is 1.38 bits per heavy atom. The maximum atomic E-state index is 10.7. The molecule has 2 saturated heterocycles. The fourth-order valence-corrected chi connectivity index (χ4v) is 3.86. The Labute approximate surface area is 99.2 Å². The molecule has 2 fully saturated rings. The summed E-state index contributed by atoms with van der Waals surface area (Å²) in [6.07, 6.45) is 3.46. The van der Waals surface area contributed by atoms with Crippen molar-refractivity contribution in [2.24, 2.45) is 10.8 Å². The van der Waals surface area contributed by atoms with E-state index in [2.05, 4.69) is 31.1 Å². The fraction of sp³-hybridized carbons (Fsp3) is 1.00. The third kappa shape index (κ3) is 1.89. The number of nitrogens with zero attached hydrogens (tertiary/aromatic N) is 1. The normalized spacial score (nSPS) is 44.6. The van der Waals surface area contributed by atoms with Crippen LogP contribution in [0.3, 0.4) is 0 Å². The summed E-state index contributed by atoms with van der Waals surface area (Å²) in [6, 6.07) is 0. The average molecular weight is 226 g/mol. The van der Waals surface area contributed by atoms with Gasteiger partial charge in [-0.05, 0) is 13.5 Å². The molecule has 0 aromatic heterocycles. The Kier molecular flexibility index (Phi) is 3.30. The van der Waals surface area contributed by atoms with Crippen molar-refractivity contribution in [3.05, 3.63) is 0 Å². The zero-order valence-corrected chi connectivity index (χ0v) is 10.9. The number of aliphatic hydroxyl groups is 1. The van der Waals surface area contributed by atoms with Gasteiger partial charge >= 0.3 is 0 Å². The monoisotopic (exact) mass is 226 g/mol. The molecular formula is C13H26N2O. The summed E-state index contributed by atoms with van der Waals surface area (Å²) in [4.78, 5) is 2.41. The van der Waals surface area contributed by atoms with E-state index in [-0.39, 0.29) is 16.9 Å². The van der Waals surface area contributed by atoms with Crippen molar-refractivity contribution in [2.75, 3.05) is 33.2 Å². The van der Waals surface area contributed by atoms with Crippen molar-refractivity contribution in [3.8, 4) is 0 Å². The first-order chi connectivity index (χ1) is 7.52. The molecule has 16 heavy (non-hydrogen) atoms. The second-order valence-electron chi connectivity index (χ2n) is 6.30. The Bertz CT molecular complexity index is 258. The molecule has 2 rings (SSSR count). The van der Waals surface area contributed by atoms with Crippen LogP contribution >= 0.6 is 0 Å². The van der Waals surface area contributed by atoms with Crippen molar-refractivity contribution >= 4 is 0 Å². The number of piperidine rings is 2. The van der Waals surface area contributed by atoms with Crippen LogP contribution in [0, 0.1) is 10.8 Å². The van der Waals surface area contributed by atoms with Gasteiger partial charge in [0.25, 0.3) is 0 Å². The van der Waals surface area contributed by atoms with E-state index in [1.54, 1.807) is 0 Å². The smallest absolute Gasteiger partial charge is 0.0698 e. The van der Waals surface area contributed by atoms with Crippen molar-refractivity contribution < 1.29 is 5.11 Å². The first kappa shape index (κ1) is 12.3. The molecule has 2 heterocycles. The van der Waals surface area contributed by atoms with E-state index in [4.69, 9.17) is 0 Å². The van der Waals surface area contributed by atoms with Crippen LogP contribution in [0.5, 0.6) is 0 Å². The molecule has 0 saturated carbocycles. The van der Waals surface area contributed by atoms with Crippen molar-refractivity contribution in [1.82, 2.24) is 10.2 Å². The Morgan fingerprint density at radius 2 is 2.12 bits per heavy atom. The average Bonchev–Trinajstić information content (AvgIpc) is 2.20. The molecule has 0 aromatic carbocycles. The van der Waals surface area contributed by atoms with Crippen molar-refractivity contribution in [2.45, 2.75) is 39.2 Å². The summed E-state index contributed by atoms with van der Waals surface area (Å²) in [7, 11) is 2.19. The van der Waals surface area contributed by atoms with Gasteiger partial charge in [0.2, 0.25) is 0 Å². The summed E-state index contributed by atoms with van der Waals surface area (Å²) in [5.74, 6) is 0. The standard InChI is InChI=1S/C13H26N2O/c1-4-5-6-13-8-14-7-12(2,11(13)16)9-15(3)10-13/h11,14,16H,4-10H2,1-3H3/t11-,12+,13-/m0/s1. The predicted octanol–water partition coefficient (Wildman–Crippen LogP) is 1.08. The first-order valence-corrected chi connectivity index (χ1v) is 6.60. The van der Waals surface area contributed by atoms with Crippen molar-refractivity contribution in [1.29, 1.82) is 0 Å². The highest BCUT2D eigenvalue weighted by Crippen LogP contribution is 2.45. The molecule has 94 valence electrons. The number of rotatable bonds is 3. The van der Waals surface area contributed by atoms with E-state index < -0.39 is 0 Å². The van der Waals surface area contributed by atoms with Gasteiger partial charge in [-0.3, -0.25) is 0 Å². The summed E-state index contributed by atoms with van der Waals surface area (Å²) in [5.41, 5.74) is 0.134. The quantitative estimate of drug-likeness (QED) is 0.756. The molecule has 0 aromatic rings. The third-order valence-electron chi connectivity index (χ3n) is 4.49. The molecule has 0 unspecified atom stereocenters. The van der Waals surface area contributed by atoms with Crippen molar-refractivity contribution in [3.63, 3.8) is 0 Å². The minimum Gasteiger partial charge on any atom is -0.392 e. The van der Waals surface area contributed by atoms with Gasteiger partial charge in [0.1, 0.15) is 0 Å². The Balaban J connectivity index is 2.20. The number of aliphatic hydroxyl groups excluding tert-OH is 1. The van der Waals surface area contributed by atoms with E-state index >= 15 is 0 Å². The maximum absolute atomic E-state index is 10.7. The largest absolute Gasteiger partial charge is 0.392 e. The van der Waals surface area contributed by atoms with Gasteiger partial charge in [-0.15, -0.1) is 0 Å². The lowest BCUT2D eigenvalue weighted by atomic mass is 9.61. The number of likely N-dealkylation sites (tertiary alicyclic amines) is 1. The number of hydrogen-bond donors (Lipinski definition) is 2. The van der Waals surface area contributed by atoms with Crippen LogP contribution in [0.25, 0.3) is 0 Å². The van der Waals surface area contributed by atoms with Crippen LogP contribution in [0.2, 0.25) is 0 Å². The summed E-state index contributed by atoms with van der Waals surface area (Å²) >= 11 is 0. The number of nitrogens with one attached hydrogen (secondary N) is 1. The topological polar surface area (TPSA) is 35.5 Å². The molecule has 3 heteroatoms. The van der Waals surface area contributed by atoms with Crippen LogP contribution < -0.4 is 5.32 Å². The first-order valence-electron chi connectivity index (χ1n) is 6.60. The zero-order chi connectivity index (χ0) is 11.8. The lowest BCUT2D eigenvalue weighted by molar-refractivity contribution is -0.147. The third-order valence-corrected chi connectivity index (χ3v) is 4.49. The number of fused-ring (bicyclic) bond motifs is 2. The van der Waals surface area contributed by atoms with E-state index in [1.165, 1.54) is 12.8 Å². The molecule has 0 aliphatic carbocycles. The molecular weight excluding hydrogens is 200 g/mol. The van der Waals surface area contributed by atoms with Gasteiger partial charge in [-0.1, -0.05) is 26.7 Å². The van der Waals surface area contributed by atoms with Gasteiger partial charge in [0, 0.05) is 37.0 Å². The van der Waals surface area contributed by atoms with Crippen LogP contribution in [-0.2, 0) is 0 Å². The molecule has 2 bridgehead atoms. The van der Waals surface area contributed by atoms with E-state index in [0.29, 0.717) is 0 Å². The fourth-order valence-electron chi connectivity index (χ4n) is 3.86. The van der Waals surface area contributed by atoms with Gasteiger partial charge in [-0.25, -0.2) is 0 Å². The second-order valence-corrected chi connectivity index (χ2v) is 6.30. The lowest BCUT2D eigenvalue weighted by Crippen LogP contribution is -2.69. The predicted molar refractivity (Wildman–Crippen MR) is 66.4 cm³/mol. The molecule has 0 spiro atoms. The summed E-state index contributed by atoms with van der Waals surface area (Å²) in [5, 5.41) is 14.2. The molecule has 3 nitrogen and oxygen atoms in total. The van der Waals surface area contributed by atoms with Crippen LogP contribution in [0.4, 0.5) is 0 Å². The maximum Gasteiger partial charge on any atom is 0.0698 e. The Morgan fingerprint density at radius 3 is 2.81 bits per heavy atom. The molecule has 0 amide bonds. The molecule has 2 N–H and O–H groups in total. The van der Waals surface area contributed by atoms with E-state index in [9.17, 15) is 5.11 Å². The zero-order valence-electron chi connectivity index (χ0n) is 10.9. The van der Waals surface area contributed by atoms with Gasteiger partial charge < -0.3 is 15.3 Å². The van der Waals surface area contributed by atoms with Gasteiger partial charge in [0.05, 0.1) is 6.10 Å². The SMILES string of the molecule is CCCC[C@]12CNC[C@](C)(CN(C)C1)[C@@H]2O. The molecule has 2 aliphatic rings. The minimum atomic E-state index is -0.135. The summed E-state index contributed by atoms with van der Waals surface area (Å²) < 4.78 is 0. The highest BCUT2D eigenvalue weighted by atomic mass is 16.3.